The molecule has 1 aliphatic rings. The van der Waals surface area contributed by atoms with Gasteiger partial charge in [-0.3, -0.25) is 0 Å². The second-order valence-electron chi connectivity index (χ2n) is 5.68. The second kappa shape index (κ2) is 6.98. The molecule has 1 saturated heterocycles. The van der Waals surface area contributed by atoms with Crippen LogP contribution in [-0.4, -0.2) is 43.7 Å². The van der Waals surface area contributed by atoms with Crippen molar-refractivity contribution >= 4 is 11.7 Å². The molecule has 2 amide bonds. The van der Waals surface area contributed by atoms with Crippen molar-refractivity contribution in [3.63, 3.8) is 0 Å². The van der Waals surface area contributed by atoms with Crippen LogP contribution in [0.3, 0.4) is 0 Å². The summed E-state index contributed by atoms with van der Waals surface area (Å²) in [4.78, 5) is 16.0. The van der Waals surface area contributed by atoms with Gasteiger partial charge in [0.15, 0.2) is 0 Å². The quantitative estimate of drug-likeness (QED) is 0.925. The van der Waals surface area contributed by atoms with E-state index in [4.69, 9.17) is 5.26 Å². The molecule has 5 heteroatoms. The van der Waals surface area contributed by atoms with E-state index in [0.29, 0.717) is 31.1 Å². The van der Waals surface area contributed by atoms with Crippen molar-refractivity contribution < 1.29 is 4.79 Å². The van der Waals surface area contributed by atoms with E-state index in [1.54, 1.807) is 0 Å². The van der Waals surface area contributed by atoms with Crippen molar-refractivity contribution in [2.24, 2.45) is 5.92 Å². The molecule has 112 valence electrons. The monoisotopic (exact) mass is 286 g/mol. The first kappa shape index (κ1) is 15.2. The van der Waals surface area contributed by atoms with E-state index in [2.05, 4.69) is 30.1 Å². The van der Waals surface area contributed by atoms with E-state index in [1.807, 2.05) is 29.2 Å². The molecular weight excluding hydrogens is 264 g/mol. The van der Waals surface area contributed by atoms with E-state index in [9.17, 15) is 4.79 Å². The Morgan fingerprint density at radius 1 is 1.29 bits per heavy atom. The van der Waals surface area contributed by atoms with E-state index in [0.717, 1.165) is 18.8 Å². The van der Waals surface area contributed by atoms with Gasteiger partial charge in [-0.05, 0) is 18.1 Å². The molecule has 0 saturated carbocycles. The van der Waals surface area contributed by atoms with Crippen LogP contribution in [0.2, 0.25) is 0 Å². The number of para-hydroxylation sites is 1. The van der Waals surface area contributed by atoms with E-state index < -0.39 is 0 Å². The average Bonchev–Trinajstić information content (AvgIpc) is 2.52. The summed E-state index contributed by atoms with van der Waals surface area (Å²) in [5.41, 5.74) is 1.65. The zero-order valence-corrected chi connectivity index (χ0v) is 12.7. The lowest BCUT2D eigenvalue weighted by Crippen LogP contribution is -2.52. The minimum absolute atomic E-state index is 0.0110. The van der Waals surface area contributed by atoms with Gasteiger partial charge in [0.25, 0.3) is 0 Å². The Morgan fingerprint density at radius 3 is 2.57 bits per heavy atom. The molecule has 1 aromatic rings. The number of nitrogens with zero attached hydrogens (tertiary/aromatic N) is 3. The summed E-state index contributed by atoms with van der Waals surface area (Å²) in [5.74, 6) is 0.456. The molecule has 0 radical (unpaired) electrons. The average molecular weight is 286 g/mol. The molecule has 0 unspecified atom stereocenters. The third-order valence-corrected chi connectivity index (χ3v) is 3.59. The Morgan fingerprint density at radius 2 is 1.95 bits per heavy atom. The van der Waals surface area contributed by atoms with Gasteiger partial charge < -0.3 is 15.1 Å². The number of nitriles is 1. The molecule has 0 bridgehead atoms. The van der Waals surface area contributed by atoms with Gasteiger partial charge in [-0.15, -0.1) is 0 Å². The molecule has 1 aromatic carbocycles. The predicted molar refractivity (Wildman–Crippen MR) is 83.2 cm³/mol. The third-order valence-electron chi connectivity index (χ3n) is 3.59. The van der Waals surface area contributed by atoms with Crippen LogP contribution < -0.4 is 10.2 Å². The zero-order chi connectivity index (χ0) is 15.2. The first-order valence-electron chi connectivity index (χ1n) is 7.38. The lowest BCUT2D eigenvalue weighted by molar-refractivity contribution is 0.193. The maximum absolute atomic E-state index is 12.0. The first-order chi connectivity index (χ1) is 10.1. The van der Waals surface area contributed by atoms with Gasteiger partial charge in [0.1, 0.15) is 6.07 Å². The van der Waals surface area contributed by atoms with Gasteiger partial charge in [0.05, 0.1) is 11.3 Å². The maximum atomic E-state index is 12.0. The second-order valence-corrected chi connectivity index (χ2v) is 5.68. The van der Waals surface area contributed by atoms with Crippen molar-refractivity contribution in [1.82, 2.24) is 10.2 Å². The van der Waals surface area contributed by atoms with Crippen molar-refractivity contribution in [1.29, 1.82) is 5.26 Å². The summed E-state index contributed by atoms with van der Waals surface area (Å²) in [7, 11) is 0. The molecule has 1 aliphatic heterocycles. The first-order valence-corrected chi connectivity index (χ1v) is 7.38. The summed E-state index contributed by atoms with van der Waals surface area (Å²) < 4.78 is 0. The fourth-order valence-corrected chi connectivity index (χ4v) is 2.40. The SMILES string of the molecule is CC(C)CNC(=O)N1CCN(c2ccccc2C#N)CC1. The fourth-order valence-electron chi connectivity index (χ4n) is 2.40. The number of benzene rings is 1. The van der Waals surface area contributed by atoms with E-state index in [1.165, 1.54) is 0 Å². The lowest BCUT2D eigenvalue weighted by atomic mass is 10.1. The Bertz CT molecular complexity index is 527. The maximum Gasteiger partial charge on any atom is 0.317 e. The number of carbonyl (C=O) groups excluding carboxylic acids is 1. The number of hydrogen-bond donors (Lipinski definition) is 1. The minimum atomic E-state index is 0.0110. The van der Waals surface area contributed by atoms with Crippen LogP contribution in [0.5, 0.6) is 0 Å². The highest BCUT2D eigenvalue weighted by molar-refractivity contribution is 5.74. The molecule has 1 N–H and O–H groups in total. The van der Waals surface area contributed by atoms with Crippen molar-refractivity contribution in [3.8, 4) is 6.07 Å². The van der Waals surface area contributed by atoms with Gasteiger partial charge >= 0.3 is 6.03 Å². The van der Waals surface area contributed by atoms with Crippen LogP contribution in [0.15, 0.2) is 24.3 Å². The number of urea groups is 1. The van der Waals surface area contributed by atoms with Crippen LogP contribution in [0.1, 0.15) is 19.4 Å². The number of nitrogens with one attached hydrogen (secondary N) is 1. The van der Waals surface area contributed by atoms with Crippen LogP contribution in [0, 0.1) is 17.2 Å². The number of carbonyl (C=O) groups is 1. The van der Waals surface area contributed by atoms with E-state index >= 15 is 0 Å². The largest absolute Gasteiger partial charge is 0.367 e. The van der Waals surface area contributed by atoms with Gasteiger partial charge in [-0.25, -0.2) is 4.79 Å². The molecule has 0 spiro atoms. The number of hydrogen-bond acceptors (Lipinski definition) is 3. The number of anilines is 1. The van der Waals surface area contributed by atoms with Crippen molar-refractivity contribution in [2.75, 3.05) is 37.6 Å². The van der Waals surface area contributed by atoms with Crippen LogP contribution in [0.25, 0.3) is 0 Å². The predicted octanol–water partition coefficient (Wildman–Crippen LogP) is 2.05. The minimum Gasteiger partial charge on any atom is -0.367 e. The van der Waals surface area contributed by atoms with Crippen molar-refractivity contribution in [2.45, 2.75) is 13.8 Å². The highest BCUT2D eigenvalue weighted by Crippen LogP contribution is 2.20. The fraction of sp³-hybridized carbons (Fsp3) is 0.500. The summed E-state index contributed by atoms with van der Waals surface area (Å²) >= 11 is 0. The summed E-state index contributed by atoms with van der Waals surface area (Å²) in [6, 6.07) is 9.85. The summed E-state index contributed by atoms with van der Waals surface area (Å²) in [6.45, 7) is 7.75. The lowest BCUT2D eigenvalue weighted by Gasteiger charge is -2.36. The van der Waals surface area contributed by atoms with E-state index in [-0.39, 0.29) is 6.03 Å². The number of rotatable bonds is 3. The van der Waals surface area contributed by atoms with Gasteiger partial charge in [-0.1, -0.05) is 26.0 Å². The Balaban J connectivity index is 1.91. The normalized spacial score (nSPS) is 15.0. The zero-order valence-electron chi connectivity index (χ0n) is 12.7. The van der Waals surface area contributed by atoms with Crippen LogP contribution in [0.4, 0.5) is 10.5 Å². The highest BCUT2D eigenvalue weighted by atomic mass is 16.2. The van der Waals surface area contributed by atoms with Gasteiger partial charge in [0.2, 0.25) is 0 Å². The molecule has 1 fully saturated rings. The van der Waals surface area contributed by atoms with Crippen molar-refractivity contribution in [3.05, 3.63) is 29.8 Å². The Kier molecular flexibility index (Phi) is 5.04. The molecule has 0 aliphatic carbocycles. The summed E-state index contributed by atoms with van der Waals surface area (Å²) in [6.07, 6.45) is 0. The van der Waals surface area contributed by atoms with Gasteiger partial charge in [-0.2, -0.15) is 5.26 Å². The summed E-state index contributed by atoms with van der Waals surface area (Å²) in [5, 5.41) is 12.1. The smallest absolute Gasteiger partial charge is 0.317 e. The molecule has 2 rings (SSSR count). The van der Waals surface area contributed by atoms with Gasteiger partial charge in [0, 0.05) is 32.7 Å². The molecule has 21 heavy (non-hydrogen) atoms. The molecule has 5 nitrogen and oxygen atoms in total. The number of piperazine rings is 1. The Labute approximate surface area is 126 Å². The molecule has 0 atom stereocenters. The Hall–Kier alpha value is -2.22. The third kappa shape index (κ3) is 3.88. The molecule has 1 heterocycles. The molecular formula is C16H22N4O. The standard InChI is InChI=1S/C16H22N4O/c1-13(2)12-18-16(21)20-9-7-19(8-10-20)15-6-4-3-5-14(15)11-17/h3-6,13H,7-10,12H2,1-2H3,(H,18,21). The van der Waals surface area contributed by atoms with Crippen LogP contribution >= 0.6 is 0 Å². The molecule has 0 aromatic heterocycles. The van der Waals surface area contributed by atoms with Crippen LogP contribution in [-0.2, 0) is 0 Å². The highest BCUT2D eigenvalue weighted by Gasteiger charge is 2.22. The number of amides is 2. The topological polar surface area (TPSA) is 59.4 Å².